The number of β-lactam (4-membered cyclic amide) rings is 1. The summed E-state index contributed by atoms with van der Waals surface area (Å²) >= 11 is 2.30. The van der Waals surface area contributed by atoms with Gasteiger partial charge in [-0.25, -0.2) is 14.6 Å². The van der Waals surface area contributed by atoms with Crippen molar-refractivity contribution >= 4 is 57.7 Å². The molecule has 0 unspecified atom stereocenters. The zero-order chi connectivity index (χ0) is 25.9. The number of anilines is 1. The number of nitrogens with one attached hydrogen (secondary N) is 1. The number of nitrogen functional groups attached to an aromatic ring is 1. The van der Waals surface area contributed by atoms with Gasteiger partial charge in [-0.3, -0.25) is 14.5 Å². The Morgan fingerprint density at radius 3 is 2.69 bits per heavy atom. The van der Waals surface area contributed by atoms with Gasteiger partial charge in [-0.2, -0.15) is 0 Å². The van der Waals surface area contributed by atoms with Gasteiger partial charge in [0.25, 0.3) is 11.8 Å². The van der Waals surface area contributed by atoms with Crippen LogP contribution in [0.4, 0.5) is 5.13 Å². The SMILES string of the molecule is CC#CC=CC1=C(C(=O)O)N2C(=O)[C@@H](NC(=O)C(=NOC(C)(C)C(=O)O)c3csc(N)n3)[C@H]2SC1. The number of aromatic nitrogens is 1. The molecule has 12 nitrogen and oxygen atoms in total. The summed E-state index contributed by atoms with van der Waals surface area (Å²) < 4.78 is 0. The van der Waals surface area contributed by atoms with E-state index in [0.29, 0.717) is 5.57 Å². The molecule has 1 aromatic heterocycles. The van der Waals surface area contributed by atoms with Gasteiger partial charge in [0.1, 0.15) is 22.8 Å². The number of oxime groups is 1. The van der Waals surface area contributed by atoms with Crippen LogP contribution in [-0.4, -0.2) is 72.3 Å². The van der Waals surface area contributed by atoms with E-state index < -0.39 is 40.8 Å². The molecule has 14 heteroatoms. The third kappa shape index (κ3) is 5.31. The molecule has 35 heavy (non-hydrogen) atoms. The van der Waals surface area contributed by atoms with E-state index in [2.05, 4.69) is 27.3 Å². The highest BCUT2D eigenvalue weighted by atomic mass is 32.2. The average molecular weight is 520 g/mol. The molecule has 0 radical (unpaired) electrons. The van der Waals surface area contributed by atoms with Crippen molar-refractivity contribution in [2.75, 3.05) is 11.5 Å². The molecule has 0 bridgehead atoms. The molecule has 3 rings (SSSR count). The van der Waals surface area contributed by atoms with Crippen LogP contribution in [0.25, 0.3) is 0 Å². The summed E-state index contributed by atoms with van der Waals surface area (Å²) in [5.41, 5.74) is 3.79. The first kappa shape index (κ1) is 25.8. The van der Waals surface area contributed by atoms with Crippen LogP contribution in [0.2, 0.25) is 0 Å². The lowest BCUT2D eigenvalue weighted by Crippen LogP contribution is -2.71. The Morgan fingerprint density at radius 2 is 2.11 bits per heavy atom. The summed E-state index contributed by atoms with van der Waals surface area (Å²) in [4.78, 5) is 59.2. The van der Waals surface area contributed by atoms with Crippen molar-refractivity contribution in [1.29, 1.82) is 0 Å². The van der Waals surface area contributed by atoms with Crippen LogP contribution in [0.3, 0.4) is 0 Å². The standard InChI is InChI=1S/C21H21N5O7S2/c1-4-5-6-7-10-8-34-17-13(16(28)26(17)14(10)18(29)30)24-15(27)12(11-9-35-20(22)23-11)25-33-21(2,3)19(31)32/h6-7,9,13,17H,8H2,1-3H3,(H2,22,23)(H,24,27)(H,29,30)(H,31,32)/t13-,17-/m1/s1. The average Bonchev–Trinajstić information content (AvgIpc) is 3.22. The van der Waals surface area contributed by atoms with Crippen molar-refractivity contribution in [2.24, 2.45) is 5.16 Å². The van der Waals surface area contributed by atoms with Crippen LogP contribution >= 0.6 is 23.1 Å². The summed E-state index contributed by atoms with van der Waals surface area (Å²) in [5, 5.41) is 26.0. The number of carboxylic acids is 2. The largest absolute Gasteiger partial charge is 0.478 e. The van der Waals surface area contributed by atoms with Crippen LogP contribution < -0.4 is 11.1 Å². The molecule has 0 saturated carbocycles. The van der Waals surface area contributed by atoms with E-state index in [4.69, 9.17) is 10.6 Å². The second kappa shape index (κ2) is 10.2. The number of carbonyl (C=O) groups excluding carboxylic acids is 2. The zero-order valence-corrected chi connectivity index (χ0v) is 20.4. The molecule has 2 aliphatic heterocycles. The molecule has 1 saturated heterocycles. The summed E-state index contributed by atoms with van der Waals surface area (Å²) in [6.07, 6.45) is 3.05. The predicted molar refractivity (Wildman–Crippen MR) is 128 cm³/mol. The third-order valence-corrected chi connectivity index (χ3v) is 6.84. The van der Waals surface area contributed by atoms with Gasteiger partial charge in [0, 0.05) is 11.1 Å². The van der Waals surface area contributed by atoms with Gasteiger partial charge in [-0.05, 0) is 38.5 Å². The molecule has 2 aliphatic rings. The van der Waals surface area contributed by atoms with Gasteiger partial charge in [-0.15, -0.1) is 29.0 Å². The van der Waals surface area contributed by atoms with E-state index in [-0.39, 0.29) is 28.0 Å². The predicted octanol–water partition coefficient (Wildman–Crippen LogP) is 0.627. The van der Waals surface area contributed by atoms with E-state index in [0.717, 1.165) is 16.2 Å². The molecule has 2 amide bonds. The highest BCUT2D eigenvalue weighted by Crippen LogP contribution is 2.40. The van der Waals surface area contributed by atoms with Crippen LogP contribution in [-0.2, 0) is 24.0 Å². The number of hydrogen-bond donors (Lipinski definition) is 4. The van der Waals surface area contributed by atoms with Crippen LogP contribution in [0.5, 0.6) is 0 Å². The number of amides is 2. The summed E-state index contributed by atoms with van der Waals surface area (Å²) in [6, 6.07) is -1.04. The minimum absolute atomic E-state index is 0.0293. The number of aliphatic carboxylic acids is 2. The fourth-order valence-electron chi connectivity index (χ4n) is 3.01. The first-order valence-electron chi connectivity index (χ1n) is 9.99. The number of rotatable bonds is 8. The number of allylic oxidation sites excluding steroid dienone is 2. The number of hydrogen-bond acceptors (Lipinski definition) is 10. The Kier molecular flexibility index (Phi) is 7.51. The van der Waals surface area contributed by atoms with E-state index in [1.54, 1.807) is 13.0 Å². The lowest BCUT2D eigenvalue weighted by atomic mass is 10.0. The fourth-order valence-corrected chi connectivity index (χ4v) is 4.87. The Balaban J connectivity index is 1.84. The molecule has 1 aromatic rings. The zero-order valence-electron chi connectivity index (χ0n) is 18.8. The number of fused-ring (bicyclic) bond motifs is 1. The Bertz CT molecular complexity index is 1240. The molecule has 0 aliphatic carbocycles. The van der Waals surface area contributed by atoms with Crippen molar-refractivity contribution in [3.8, 4) is 11.8 Å². The van der Waals surface area contributed by atoms with Gasteiger partial charge in [0.15, 0.2) is 10.8 Å². The maximum atomic E-state index is 13.0. The second-order valence-electron chi connectivity index (χ2n) is 7.69. The summed E-state index contributed by atoms with van der Waals surface area (Å²) in [5.74, 6) is 1.58. The van der Waals surface area contributed by atoms with Crippen molar-refractivity contribution in [3.05, 3.63) is 34.5 Å². The number of nitrogens with two attached hydrogens (primary N) is 1. The van der Waals surface area contributed by atoms with Gasteiger partial charge in [0.2, 0.25) is 5.60 Å². The van der Waals surface area contributed by atoms with Gasteiger partial charge >= 0.3 is 11.9 Å². The van der Waals surface area contributed by atoms with E-state index >= 15 is 0 Å². The van der Waals surface area contributed by atoms with Crippen molar-refractivity contribution in [3.63, 3.8) is 0 Å². The number of thiazole rings is 1. The smallest absolute Gasteiger partial charge is 0.352 e. The minimum Gasteiger partial charge on any atom is -0.478 e. The second-order valence-corrected chi connectivity index (χ2v) is 9.68. The molecule has 3 heterocycles. The van der Waals surface area contributed by atoms with Crippen LogP contribution in [0.1, 0.15) is 26.5 Å². The monoisotopic (exact) mass is 519 g/mol. The van der Waals surface area contributed by atoms with E-state index in [1.807, 2.05) is 0 Å². The Labute approximate surface area is 207 Å². The first-order valence-corrected chi connectivity index (χ1v) is 11.9. The van der Waals surface area contributed by atoms with Gasteiger partial charge in [0.05, 0.1) is 0 Å². The molecule has 1 fully saturated rings. The van der Waals surface area contributed by atoms with Crippen molar-refractivity contribution in [2.45, 2.75) is 37.8 Å². The molecular formula is C21H21N5O7S2. The third-order valence-electron chi connectivity index (χ3n) is 4.86. The van der Waals surface area contributed by atoms with Crippen LogP contribution in [0, 0.1) is 11.8 Å². The summed E-state index contributed by atoms with van der Waals surface area (Å²) in [7, 11) is 0. The molecule has 184 valence electrons. The van der Waals surface area contributed by atoms with E-state index in [1.165, 1.54) is 37.1 Å². The molecule has 0 aromatic carbocycles. The topological polar surface area (TPSA) is 185 Å². The van der Waals surface area contributed by atoms with Crippen molar-refractivity contribution in [1.82, 2.24) is 15.2 Å². The Hall–Kier alpha value is -3.83. The maximum Gasteiger partial charge on any atom is 0.352 e. The summed E-state index contributed by atoms with van der Waals surface area (Å²) in [6.45, 7) is 4.13. The number of thioether (sulfide) groups is 1. The highest BCUT2D eigenvalue weighted by molar-refractivity contribution is 8.00. The number of carbonyl (C=O) groups is 4. The van der Waals surface area contributed by atoms with E-state index in [9.17, 15) is 29.4 Å². The molecule has 0 spiro atoms. The van der Waals surface area contributed by atoms with Gasteiger partial charge < -0.3 is 26.1 Å². The molecule has 5 N–H and O–H groups in total. The maximum absolute atomic E-state index is 13.0. The molecule has 2 atom stereocenters. The lowest BCUT2D eigenvalue weighted by molar-refractivity contribution is -0.161. The number of carboxylic acid groups (broad SMARTS) is 2. The van der Waals surface area contributed by atoms with Gasteiger partial charge in [-0.1, -0.05) is 11.1 Å². The normalized spacial score (nSPS) is 20.0. The van der Waals surface area contributed by atoms with Crippen molar-refractivity contribution < 1.29 is 34.2 Å². The fraction of sp³-hybridized carbons (Fsp3) is 0.333. The number of nitrogens with zero attached hydrogens (tertiary/aromatic N) is 3. The highest BCUT2D eigenvalue weighted by Gasteiger charge is 2.54. The Morgan fingerprint density at radius 1 is 1.40 bits per heavy atom. The molecular weight excluding hydrogens is 498 g/mol. The minimum atomic E-state index is -1.75. The first-order chi connectivity index (χ1) is 16.5. The lowest BCUT2D eigenvalue weighted by Gasteiger charge is -2.49. The quantitative estimate of drug-likeness (QED) is 0.164. The van der Waals surface area contributed by atoms with Crippen LogP contribution in [0.15, 0.2) is 34.0 Å².